The number of hydrogen-bond donors (Lipinski definition) is 1. The summed E-state index contributed by atoms with van der Waals surface area (Å²) in [5.41, 5.74) is 3.23. The molecule has 1 N–H and O–H groups in total. The van der Waals surface area contributed by atoms with Gasteiger partial charge in [0, 0.05) is 12.5 Å². The number of hydrogen-bond acceptors (Lipinski definition) is 4. The summed E-state index contributed by atoms with van der Waals surface area (Å²) in [6.45, 7) is 6.90. The standard InChI is InChI=1S/C21H26O4/c1-4-24-21(23)12-10-18-9-11-19(22)13-20(18)25-14-16-5-7-17(8-6-16)15(2)3/h5-9,11,13,15,22H,4,10,12,14H2,1-3H3. The minimum Gasteiger partial charge on any atom is -0.508 e. The van der Waals surface area contributed by atoms with Crippen LogP contribution >= 0.6 is 0 Å². The van der Waals surface area contributed by atoms with Gasteiger partial charge in [-0.25, -0.2) is 0 Å². The van der Waals surface area contributed by atoms with E-state index >= 15 is 0 Å². The van der Waals surface area contributed by atoms with E-state index in [2.05, 4.69) is 38.1 Å². The van der Waals surface area contributed by atoms with Crippen molar-refractivity contribution in [2.45, 2.75) is 46.1 Å². The first-order chi connectivity index (χ1) is 12.0. The first kappa shape index (κ1) is 18.8. The Morgan fingerprint density at radius 2 is 1.84 bits per heavy atom. The molecule has 2 aromatic carbocycles. The van der Waals surface area contributed by atoms with Gasteiger partial charge in [-0.15, -0.1) is 0 Å². The molecule has 0 aliphatic heterocycles. The largest absolute Gasteiger partial charge is 0.508 e. The van der Waals surface area contributed by atoms with Crippen LogP contribution in [0.1, 0.15) is 49.8 Å². The van der Waals surface area contributed by atoms with Crippen molar-refractivity contribution in [3.63, 3.8) is 0 Å². The number of carbonyl (C=O) groups is 1. The monoisotopic (exact) mass is 342 g/mol. The minimum atomic E-state index is -0.231. The molecule has 0 amide bonds. The maximum Gasteiger partial charge on any atom is 0.306 e. The van der Waals surface area contributed by atoms with Gasteiger partial charge in [-0.2, -0.15) is 0 Å². The number of phenols is 1. The molecular weight excluding hydrogens is 316 g/mol. The fraction of sp³-hybridized carbons (Fsp3) is 0.381. The molecule has 0 aromatic heterocycles. The van der Waals surface area contributed by atoms with Gasteiger partial charge in [-0.1, -0.05) is 44.2 Å². The maximum atomic E-state index is 11.5. The van der Waals surface area contributed by atoms with Gasteiger partial charge in [-0.05, 0) is 42.0 Å². The number of aromatic hydroxyl groups is 1. The highest BCUT2D eigenvalue weighted by atomic mass is 16.5. The lowest BCUT2D eigenvalue weighted by molar-refractivity contribution is -0.143. The number of aryl methyl sites for hydroxylation is 1. The van der Waals surface area contributed by atoms with Gasteiger partial charge in [0.2, 0.25) is 0 Å². The zero-order valence-electron chi connectivity index (χ0n) is 15.1. The van der Waals surface area contributed by atoms with Crippen LogP contribution in [0.25, 0.3) is 0 Å². The van der Waals surface area contributed by atoms with E-state index in [-0.39, 0.29) is 18.1 Å². The van der Waals surface area contributed by atoms with Crippen LogP contribution in [0.2, 0.25) is 0 Å². The Hall–Kier alpha value is -2.49. The third-order valence-corrected chi connectivity index (χ3v) is 4.00. The Morgan fingerprint density at radius 1 is 1.12 bits per heavy atom. The van der Waals surface area contributed by atoms with E-state index in [0.29, 0.717) is 31.3 Å². The smallest absolute Gasteiger partial charge is 0.306 e. The molecule has 0 bridgehead atoms. The van der Waals surface area contributed by atoms with E-state index in [0.717, 1.165) is 11.1 Å². The van der Waals surface area contributed by atoms with Crippen LogP contribution in [-0.2, 0) is 22.6 Å². The second-order valence-corrected chi connectivity index (χ2v) is 6.28. The van der Waals surface area contributed by atoms with E-state index in [9.17, 15) is 9.90 Å². The Balaban J connectivity index is 2.02. The number of benzene rings is 2. The molecule has 134 valence electrons. The summed E-state index contributed by atoms with van der Waals surface area (Å²) < 4.78 is 10.8. The Labute approximate surface area is 149 Å². The van der Waals surface area contributed by atoms with Crippen LogP contribution in [0, 0.1) is 0 Å². The zero-order valence-corrected chi connectivity index (χ0v) is 15.1. The van der Waals surface area contributed by atoms with Crippen molar-refractivity contribution in [1.29, 1.82) is 0 Å². The van der Waals surface area contributed by atoms with E-state index < -0.39 is 0 Å². The third-order valence-electron chi connectivity index (χ3n) is 4.00. The molecule has 0 spiro atoms. The lowest BCUT2D eigenvalue weighted by Crippen LogP contribution is -2.06. The molecule has 2 rings (SSSR count). The molecule has 0 atom stereocenters. The highest BCUT2D eigenvalue weighted by Crippen LogP contribution is 2.26. The topological polar surface area (TPSA) is 55.8 Å². The first-order valence-corrected chi connectivity index (χ1v) is 8.68. The average molecular weight is 342 g/mol. The number of carbonyl (C=O) groups excluding carboxylic acids is 1. The van der Waals surface area contributed by atoms with E-state index in [1.807, 2.05) is 0 Å². The number of phenolic OH excluding ortho intramolecular Hbond substituents is 1. The van der Waals surface area contributed by atoms with Crippen LogP contribution in [0.3, 0.4) is 0 Å². The molecular formula is C21H26O4. The number of ether oxygens (including phenoxy) is 2. The van der Waals surface area contributed by atoms with Crippen molar-refractivity contribution in [2.75, 3.05) is 6.61 Å². The van der Waals surface area contributed by atoms with Crippen LogP contribution < -0.4 is 4.74 Å². The Kier molecular flexibility index (Phi) is 6.87. The zero-order chi connectivity index (χ0) is 18.2. The van der Waals surface area contributed by atoms with E-state index in [1.165, 1.54) is 5.56 Å². The quantitative estimate of drug-likeness (QED) is 0.713. The predicted molar refractivity (Wildman–Crippen MR) is 97.9 cm³/mol. The van der Waals surface area contributed by atoms with E-state index in [4.69, 9.17) is 9.47 Å². The molecule has 0 radical (unpaired) electrons. The molecule has 0 fully saturated rings. The van der Waals surface area contributed by atoms with Crippen LogP contribution in [0.5, 0.6) is 11.5 Å². The molecule has 0 heterocycles. The normalized spacial score (nSPS) is 10.7. The Morgan fingerprint density at radius 3 is 2.48 bits per heavy atom. The summed E-state index contributed by atoms with van der Waals surface area (Å²) in [7, 11) is 0. The van der Waals surface area contributed by atoms with Gasteiger partial charge in [-0.3, -0.25) is 4.79 Å². The van der Waals surface area contributed by atoms with Crippen molar-refractivity contribution < 1.29 is 19.4 Å². The summed E-state index contributed by atoms with van der Waals surface area (Å²) in [4.78, 5) is 11.5. The summed E-state index contributed by atoms with van der Waals surface area (Å²) >= 11 is 0. The first-order valence-electron chi connectivity index (χ1n) is 8.68. The molecule has 2 aromatic rings. The number of esters is 1. The van der Waals surface area contributed by atoms with Crippen molar-refractivity contribution in [3.05, 3.63) is 59.2 Å². The van der Waals surface area contributed by atoms with Crippen molar-refractivity contribution in [3.8, 4) is 11.5 Å². The van der Waals surface area contributed by atoms with Gasteiger partial charge in [0.25, 0.3) is 0 Å². The Bertz CT molecular complexity index is 690. The predicted octanol–water partition coefficient (Wildman–Crippen LogP) is 4.59. The molecule has 25 heavy (non-hydrogen) atoms. The van der Waals surface area contributed by atoms with Crippen molar-refractivity contribution in [2.24, 2.45) is 0 Å². The minimum absolute atomic E-state index is 0.144. The molecule has 4 heteroatoms. The molecule has 0 saturated carbocycles. The summed E-state index contributed by atoms with van der Waals surface area (Å²) in [6.07, 6.45) is 0.804. The lowest BCUT2D eigenvalue weighted by Gasteiger charge is -2.13. The van der Waals surface area contributed by atoms with Gasteiger partial charge in [0.1, 0.15) is 18.1 Å². The molecule has 4 nitrogen and oxygen atoms in total. The van der Waals surface area contributed by atoms with Gasteiger partial charge in [0.05, 0.1) is 6.61 Å². The summed E-state index contributed by atoms with van der Waals surface area (Å²) in [5.74, 6) is 1.00. The fourth-order valence-electron chi connectivity index (χ4n) is 2.51. The third kappa shape index (κ3) is 5.82. The van der Waals surface area contributed by atoms with Crippen molar-refractivity contribution in [1.82, 2.24) is 0 Å². The van der Waals surface area contributed by atoms with Crippen molar-refractivity contribution >= 4 is 5.97 Å². The maximum absolute atomic E-state index is 11.5. The molecule has 0 aliphatic rings. The second kappa shape index (κ2) is 9.11. The highest BCUT2D eigenvalue weighted by Gasteiger charge is 2.09. The lowest BCUT2D eigenvalue weighted by atomic mass is 10.0. The van der Waals surface area contributed by atoms with Crippen LogP contribution in [0.4, 0.5) is 0 Å². The van der Waals surface area contributed by atoms with Gasteiger partial charge < -0.3 is 14.6 Å². The van der Waals surface area contributed by atoms with Gasteiger partial charge >= 0.3 is 5.97 Å². The number of rotatable bonds is 8. The van der Waals surface area contributed by atoms with Crippen LogP contribution in [0.15, 0.2) is 42.5 Å². The SMILES string of the molecule is CCOC(=O)CCc1ccc(O)cc1OCc1ccc(C(C)C)cc1. The molecule has 0 aliphatic carbocycles. The van der Waals surface area contributed by atoms with Gasteiger partial charge in [0.15, 0.2) is 0 Å². The average Bonchev–Trinajstić information content (AvgIpc) is 2.59. The highest BCUT2D eigenvalue weighted by molar-refractivity contribution is 5.69. The van der Waals surface area contributed by atoms with Crippen LogP contribution in [-0.4, -0.2) is 17.7 Å². The van der Waals surface area contributed by atoms with E-state index in [1.54, 1.807) is 25.1 Å². The second-order valence-electron chi connectivity index (χ2n) is 6.28. The summed E-state index contributed by atoms with van der Waals surface area (Å²) in [6, 6.07) is 13.3. The molecule has 0 unspecified atom stereocenters. The fourth-order valence-corrected chi connectivity index (χ4v) is 2.51. The molecule has 0 saturated heterocycles. The summed E-state index contributed by atoms with van der Waals surface area (Å²) in [5, 5.41) is 9.72.